The second-order valence-electron chi connectivity index (χ2n) is 5.76. The van der Waals surface area contributed by atoms with Gasteiger partial charge < -0.3 is 24.1 Å². The van der Waals surface area contributed by atoms with Crippen LogP contribution in [-0.4, -0.2) is 38.8 Å². The molecule has 1 aliphatic heterocycles. The van der Waals surface area contributed by atoms with E-state index >= 15 is 0 Å². The van der Waals surface area contributed by atoms with Crippen molar-refractivity contribution in [3.05, 3.63) is 41.5 Å². The second kappa shape index (κ2) is 6.93. The highest BCUT2D eigenvalue weighted by atomic mass is 16.5. The minimum Gasteiger partial charge on any atom is -0.508 e. The number of phenols is 1. The first-order valence-electron chi connectivity index (χ1n) is 7.87. The summed E-state index contributed by atoms with van der Waals surface area (Å²) in [6.07, 6.45) is 0.510. The number of methoxy groups -OCH3 is 3. The number of aromatic hydroxyl groups is 1. The SMILES string of the molecule is COc1cc(OC)c2c(c1OC)OC[C@H](Cc1ccc(O)cc1)C2=O. The summed E-state index contributed by atoms with van der Waals surface area (Å²) < 4.78 is 21.9. The molecule has 0 bridgehead atoms. The molecule has 3 rings (SSSR count). The number of carbonyl (C=O) groups excluding carboxylic acids is 1. The number of Topliss-reactive ketones (excluding diaryl/α,β-unsaturated/α-hetero) is 1. The average Bonchev–Trinajstić information content (AvgIpc) is 2.64. The van der Waals surface area contributed by atoms with Crippen LogP contribution < -0.4 is 18.9 Å². The number of hydrogen-bond acceptors (Lipinski definition) is 6. The van der Waals surface area contributed by atoms with Crippen LogP contribution in [0.5, 0.6) is 28.7 Å². The third-order valence-corrected chi connectivity index (χ3v) is 4.27. The molecule has 1 N–H and O–H groups in total. The summed E-state index contributed by atoms with van der Waals surface area (Å²) in [4.78, 5) is 13.0. The molecule has 6 heteroatoms. The van der Waals surface area contributed by atoms with E-state index in [9.17, 15) is 9.90 Å². The molecule has 1 heterocycles. The maximum atomic E-state index is 13.0. The van der Waals surface area contributed by atoms with Crippen molar-refractivity contribution in [3.63, 3.8) is 0 Å². The smallest absolute Gasteiger partial charge is 0.204 e. The Hall–Kier alpha value is -2.89. The lowest BCUT2D eigenvalue weighted by molar-refractivity contribution is 0.0820. The maximum absolute atomic E-state index is 13.0. The highest BCUT2D eigenvalue weighted by molar-refractivity contribution is 6.05. The van der Waals surface area contributed by atoms with Crippen LogP contribution in [0, 0.1) is 5.92 Å². The highest BCUT2D eigenvalue weighted by Crippen LogP contribution is 2.48. The van der Waals surface area contributed by atoms with Gasteiger partial charge in [0.25, 0.3) is 0 Å². The maximum Gasteiger partial charge on any atom is 0.204 e. The Bertz CT molecular complexity index is 781. The summed E-state index contributed by atoms with van der Waals surface area (Å²) in [6.45, 7) is 0.236. The van der Waals surface area contributed by atoms with Crippen LogP contribution in [-0.2, 0) is 6.42 Å². The number of phenolic OH excluding ortho intramolecular Hbond substituents is 1. The molecular weight excluding hydrogens is 324 g/mol. The molecule has 0 amide bonds. The van der Waals surface area contributed by atoms with Crippen molar-refractivity contribution in [1.29, 1.82) is 0 Å². The first kappa shape index (κ1) is 17.0. The first-order chi connectivity index (χ1) is 12.1. The summed E-state index contributed by atoms with van der Waals surface area (Å²) in [5.74, 6) is 1.37. The van der Waals surface area contributed by atoms with Crippen LogP contribution in [0.1, 0.15) is 15.9 Å². The lowest BCUT2D eigenvalue weighted by Gasteiger charge is -2.27. The Balaban J connectivity index is 1.97. The highest BCUT2D eigenvalue weighted by Gasteiger charge is 2.35. The molecule has 0 unspecified atom stereocenters. The summed E-state index contributed by atoms with van der Waals surface area (Å²) in [5.41, 5.74) is 1.32. The van der Waals surface area contributed by atoms with Gasteiger partial charge >= 0.3 is 0 Å². The molecule has 0 saturated carbocycles. The van der Waals surface area contributed by atoms with Crippen molar-refractivity contribution >= 4 is 5.78 Å². The Morgan fingerprint density at radius 1 is 1.08 bits per heavy atom. The minimum absolute atomic E-state index is 0.0628. The molecular formula is C19H20O6. The largest absolute Gasteiger partial charge is 0.508 e. The molecule has 2 aromatic rings. The number of carbonyl (C=O) groups is 1. The summed E-state index contributed by atoms with van der Waals surface area (Å²) >= 11 is 0. The Morgan fingerprint density at radius 2 is 1.76 bits per heavy atom. The summed E-state index contributed by atoms with van der Waals surface area (Å²) in [5, 5.41) is 9.39. The van der Waals surface area contributed by atoms with Gasteiger partial charge in [-0.15, -0.1) is 0 Å². The fourth-order valence-electron chi connectivity index (χ4n) is 3.00. The summed E-state index contributed by atoms with van der Waals surface area (Å²) in [7, 11) is 4.52. The van der Waals surface area contributed by atoms with Crippen molar-refractivity contribution < 1.29 is 28.8 Å². The van der Waals surface area contributed by atoms with E-state index in [4.69, 9.17) is 18.9 Å². The Morgan fingerprint density at radius 3 is 2.36 bits per heavy atom. The Labute approximate surface area is 145 Å². The number of rotatable bonds is 5. The first-order valence-corrected chi connectivity index (χ1v) is 7.87. The number of ether oxygens (including phenoxy) is 4. The van der Waals surface area contributed by atoms with E-state index < -0.39 is 0 Å². The number of ketones is 1. The van der Waals surface area contributed by atoms with E-state index in [1.807, 2.05) is 0 Å². The van der Waals surface area contributed by atoms with E-state index in [-0.39, 0.29) is 24.1 Å². The molecule has 0 spiro atoms. The summed E-state index contributed by atoms with van der Waals surface area (Å²) in [6, 6.07) is 8.42. The third-order valence-electron chi connectivity index (χ3n) is 4.27. The average molecular weight is 344 g/mol. The Kier molecular flexibility index (Phi) is 4.70. The number of hydrogen-bond donors (Lipinski definition) is 1. The molecule has 0 aliphatic carbocycles. The van der Waals surface area contributed by atoms with Crippen LogP contribution in [0.2, 0.25) is 0 Å². The van der Waals surface area contributed by atoms with Gasteiger partial charge in [0.05, 0.1) is 33.9 Å². The normalized spacial score (nSPS) is 16.0. The molecule has 1 aliphatic rings. The topological polar surface area (TPSA) is 74.2 Å². The molecule has 25 heavy (non-hydrogen) atoms. The third kappa shape index (κ3) is 3.07. The second-order valence-corrected chi connectivity index (χ2v) is 5.76. The minimum atomic E-state index is -0.343. The zero-order valence-corrected chi connectivity index (χ0v) is 14.4. The molecule has 2 aromatic carbocycles. The van der Waals surface area contributed by atoms with E-state index in [1.54, 1.807) is 30.3 Å². The van der Waals surface area contributed by atoms with Crippen molar-refractivity contribution in [2.75, 3.05) is 27.9 Å². The number of benzene rings is 2. The lowest BCUT2D eigenvalue weighted by Crippen LogP contribution is -2.30. The predicted octanol–water partition coefficient (Wildman–Crippen LogP) is 2.85. The van der Waals surface area contributed by atoms with Gasteiger partial charge in [-0.05, 0) is 24.1 Å². The molecule has 0 aromatic heterocycles. The van der Waals surface area contributed by atoms with Gasteiger partial charge in [0.1, 0.15) is 17.1 Å². The van der Waals surface area contributed by atoms with Gasteiger partial charge in [-0.25, -0.2) is 0 Å². The molecule has 6 nitrogen and oxygen atoms in total. The van der Waals surface area contributed by atoms with E-state index in [1.165, 1.54) is 21.3 Å². The van der Waals surface area contributed by atoms with Gasteiger partial charge in [0.15, 0.2) is 17.3 Å². The molecule has 0 radical (unpaired) electrons. The van der Waals surface area contributed by atoms with E-state index in [2.05, 4.69) is 0 Å². The molecule has 1 atom stereocenters. The van der Waals surface area contributed by atoms with Crippen LogP contribution in [0.25, 0.3) is 0 Å². The van der Waals surface area contributed by atoms with Gasteiger partial charge in [-0.3, -0.25) is 4.79 Å². The zero-order valence-electron chi connectivity index (χ0n) is 14.4. The van der Waals surface area contributed by atoms with Crippen LogP contribution in [0.15, 0.2) is 30.3 Å². The lowest BCUT2D eigenvalue weighted by atomic mass is 9.88. The predicted molar refractivity (Wildman–Crippen MR) is 91.2 cm³/mol. The zero-order chi connectivity index (χ0) is 18.0. The monoisotopic (exact) mass is 344 g/mol. The quantitative estimate of drug-likeness (QED) is 0.899. The molecule has 132 valence electrons. The van der Waals surface area contributed by atoms with Crippen LogP contribution >= 0.6 is 0 Å². The molecule has 0 fully saturated rings. The van der Waals surface area contributed by atoms with Crippen molar-refractivity contribution in [2.24, 2.45) is 5.92 Å². The van der Waals surface area contributed by atoms with Gasteiger partial charge in [-0.2, -0.15) is 0 Å². The van der Waals surface area contributed by atoms with Crippen molar-refractivity contribution in [2.45, 2.75) is 6.42 Å². The standard InChI is InChI=1S/C19H20O6/c1-22-14-9-15(23-2)18(24-3)19-16(14)17(21)12(10-25-19)8-11-4-6-13(20)7-5-11/h4-7,9,12,20H,8,10H2,1-3H3/t12-/m0/s1. The fraction of sp³-hybridized carbons (Fsp3) is 0.316. The van der Waals surface area contributed by atoms with E-state index in [0.717, 1.165) is 5.56 Å². The van der Waals surface area contributed by atoms with Gasteiger partial charge in [0, 0.05) is 6.07 Å². The van der Waals surface area contributed by atoms with Gasteiger partial charge in [0.2, 0.25) is 5.75 Å². The van der Waals surface area contributed by atoms with E-state index in [0.29, 0.717) is 35.0 Å². The van der Waals surface area contributed by atoms with Crippen molar-refractivity contribution in [3.8, 4) is 28.7 Å². The van der Waals surface area contributed by atoms with Gasteiger partial charge in [-0.1, -0.05) is 12.1 Å². The van der Waals surface area contributed by atoms with Crippen LogP contribution in [0.4, 0.5) is 0 Å². The van der Waals surface area contributed by atoms with Crippen LogP contribution in [0.3, 0.4) is 0 Å². The fourth-order valence-corrected chi connectivity index (χ4v) is 3.00. The van der Waals surface area contributed by atoms with Crippen molar-refractivity contribution in [1.82, 2.24) is 0 Å². The molecule has 0 saturated heterocycles. The number of fused-ring (bicyclic) bond motifs is 1.